The zero-order valence-electron chi connectivity index (χ0n) is 12.8. The van der Waals surface area contributed by atoms with Crippen molar-refractivity contribution >= 4 is 0 Å². The molecule has 3 nitrogen and oxygen atoms in total. The Morgan fingerprint density at radius 1 is 1.28 bits per heavy atom. The molecule has 1 rings (SSSR count). The Morgan fingerprint density at radius 3 is 2.44 bits per heavy atom. The zero-order valence-corrected chi connectivity index (χ0v) is 12.8. The third kappa shape index (κ3) is 5.25. The third-order valence-corrected chi connectivity index (χ3v) is 3.88. The maximum Gasteiger partial charge on any atom is 0.110 e. The highest BCUT2D eigenvalue weighted by Crippen LogP contribution is 2.28. The molecule has 1 N–H and O–H groups in total. The Morgan fingerprint density at radius 2 is 1.94 bits per heavy atom. The summed E-state index contributed by atoms with van der Waals surface area (Å²) in [6.45, 7) is 14.5. The first kappa shape index (κ1) is 15.9. The molecule has 1 saturated heterocycles. The summed E-state index contributed by atoms with van der Waals surface area (Å²) in [4.78, 5) is 2.15. The van der Waals surface area contributed by atoms with Crippen LogP contribution in [0.2, 0.25) is 0 Å². The molecule has 0 aromatic rings. The molecule has 1 fully saturated rings. The van der Waals surface area contributed by atoms with Crippen LogP contribution in [-0.2, 0) is 4.74 Å². The first-order valence-electron chi connectivity index (χ1n) is 7.31. The average Bonchev–Trinajstić information content (AvgIpc) is 2.58. The predicted molar refractivity (Wildman–Crippen MR) is 75.4 cm³/mol. The lowest BCUT2D eigenvalue weighted by molar-refractivity contribution is -0.0204. The van der Waals surface area contributed by atoms with E-state index in [1.807, 2.05) is 0 Å². The van der Waals surface area contributed by atoms with Crippen LogP contribution >= 0.6 is 0 Å². The Bertz CT molecular complexity index is 235. The highest BCUT2D eigenvalue weighted by atomic mass is 16.5. The van der Waals surface area contributed by atoms with E-state index in [1.54, 1.807) is 0 Å². The number of aliphatic hydroxyl groups excluding tert-OH is 1. The van der Waals surface area contributed by atoms with Crippen molar-refractivity contribution in [2.24, 2.45) is 17.3 Å². The van der Waals surface area contributed by atoms with Gasteiger partial charge in [-0.05, 0) is 24.2 Å². The molecule has 108 valence electrons. The topological polar surface area (TPSA) is 32.7 Å². The van der Waals surface area contributed by atoms with Gasteiger partial charge in [0.1, 0.15) is 6.23 Å². The Balaban J connectivity index is 2.14. The van der Waals surface area contributed by atoms with Gasteiger partial charge in [-0.15, -0.1) is 0 Å². The number of rotatable bonds is 6. The van der Waals surface area contributed by atoms with Crippen LogP contribution in [0.15, 0.2) is 0 Å². The molecule has 1 aliphatic heterocycles. The smallest absolute Gasteiger partial charge is 0.110 e. The molecule has 18 heavy (non-hydrogen) atoms. The summed E-state index contributed by atoms with van der Waals surface area (Å²) in [6.07, 6.45) is 1.93. The second-order valence-electron chi connectivity index (χ2n) is 7.07. The molecule has 0 spiro atoms. The second kappa shape index (κ2) is 6.88. The second-order valence-corrected chi connectivity index (χ2v) is 7.07. The van der Waals surface area contributed by atoms with E-state index in [2.05, 4.69) is 39.5 Å². The quantitative estimate of drug-likeness (QED) is 0.743. The SMILES string of the molecule is CC(C)C1CCN(CCOCCC(C)(C)C)C1O. The summed E-state index contributed by atoms with van der Waals surface area (Å²) in [5, 5.41) is 10.2. The van der Waals surface area contributed by atoms with Gasteiger partial charge in [0.25, 0.3) is 0 Å². The van der Waals surface area contributed by atoms with Crippen molar-refractivity contribution in [1.82, 2.24) is 4.90 Å². The van der Waals surface area contributed by atoms with E-state index < -0.39 is 0 Å². The molecule has 2 atom stereocenters. The van der Waals surface area contributed by atoms with Gasteiger partial charge in [0, 0.05) is 25.6 Å². The minimum absolute atomic E-state index is 0.267. The van der Waals surface area contributed by atoms with Crippen molar-refractivity contribution in [2.45, 2.75) is 53.7 Å². The lowest BCUT2D eigenvalue weighted by Gasteiger charge is -2.25. The molecule has 0 radical (unpaired) electrons. The summed E-state index contributed by atoms with van der Waals surface area (Å²) >= 11 is 0. The van der Waals surface area contributed by atoms with Crippen LogP contribution in [0.25, 0.3) is 0 Å². The Labute approximate surface area is 113 Å². The van der Waals surface area contributed by atoms with Gasteiger partial charge in [-0.25, -0.2) is 0 Å². The van der Waals surface area contributed by atoms with Gasteiger partial charge in [-0.1, -0.05) is 34.6 Å². The molecule has 1 aliphatic rings. The fourth-order valence-corrected chi connectivity index (χ4v) is 2.45. The Hall–Kier alpha value is -0.120. The molecule has 2 unspecified atom stereocenters. The van der Waals surface area contributed by atoms with Gasteiger partial charge in [-0.3, -0.25) is 4.90 Å². The molecule has 3 heteroatoms. The number of ether oxygens (including phenoxy) is 1. The van der Waals surface area contributed by atoms with Crippen molar-refractivity contribution in [3.8, 4) is 0 Å². The molecule has 0 saturated carbocycles. The summed E-state index contributed by atoms with van der Waals surface area (Å²) in [6, 6.07) is 0. The molecule has 0 amide bonds. The van der Waals surface area contributed by atoms with Gasteiger partial charge in [-0.2, -0.15) is 0 Å². The highest BCUT2D eigenvalue weighted by molar-refractivity contribution is 4.81. The Kier molecular flexibility index (Phi) is 6.09. The van der Waals surface area contributed by atoms with Crippen molar-refractivity contribution < 1.29 is 9.84 Å². The van der Waals surface area contributed by atoms with E-state index in [9.17, 15) is 5.11 Å². The van der Waals surface area contributed by atoms with Crippen LogP contribution in [0.5, 0.6) is 0 Å². The fraction of sp³-hybridized carbons (Fsp3) is 1.00. The van der Waals surface area contributed by atoms with E-state index >= 15 is 0 Å². The van der Waals surface area contributed by atoms with E-state index in [0.717, 1.165) is 39.1 Å². The lowest BCUT2D eigenvalue weighted by atomic mass is 9.93. The molecule has 0 aromatic carbocycles. The van der Waals surface area contributed by atoms with Gasteiger partial charge < -0.3 is 9.84 Å². The average molecular weight is 257 g/mol. The molecule has 0 aliphatic carbocycles. The largest absolute Gasteiger partial charge is 0.380 e. The third-order valence-electron chi connectivity index (χ3n) is 3.88. The van der Waals surface area contributed by atoms with Gasteiger partial charge in [0.15, 0.2) is 0 Å². The highest BCUT2D eigenvalue weighted by Gasteiger charge is 2.33. The van der Waals surface area contributed by atoms with E-state index in [1.165, 1.54) is 0 Å². The summed E-state index contributed by atoms with van der Waals surface area (Å²) in [7, 11) is 0. The lowest BCUT2D eigenvalue weighted by Crippen LogP contribution is -2.36. The monoisotopic (exact) mass is 257 g/mol. The number of likely N-dealkylation sites (tertiary alicyclic amines) is 1. The minimum atomic E-state index is -0.267. The first-order chi connectivity index (χ1) is 8.31. The van der Waals surface area contributed by atoms with Crippen LogP contribution < -0.4 is 0 Å². The molecule has 0 aromatic heterocycles. The summed E-state index contributed by atoms with van der Waals surface area (Å²) in [5.41, 5.74) is 0.343. The van der Waals surface area contributed by atoms with Crippen LogP contribution in [0.1, 0.15) is 47.5 Å². The van der Waals surface area contributed by atoms with Crippen molar-refractivity contribution in [3.05, 3.63) is 0 Å². The normalized spacial score (nSPS) is 26.2. The van der Waals surface area contributed by atoms with E-state index in [-0.39, 0.29) is 6.23 Å². The predicted octanol–water partition coefficient (Wildman–Crippen LogP) is 2.74. The van der Waals surface area contributed by atoms with E-state index in [4.69, 9.17) is 4.74 Å². The van der Waals surface area contributed by atoms with Crippen LogP contribution in [0, 0.1) is 17.3 Å². The van der Waals surface area contributed by atoms with Crippen LogP contribution in [0.3, 0.4) is 0 Å². The van der Waals surface area contributed by atoms with Crippen LogP contribution in [-0.4, -0.2) is 42.5 Å². The maximum absolute atomic E-state index is 10.2. The van der Waals surface area contributed by atoms with Gasteiger partial charge >= 0.3 is 0 Å². The number of hydrogen-bond donors (Lipinski definition) is 1. The molecular weight excluding hydrogens is 226 g/mol. The maximum atomic E-state index is 10.2. The first-order valence-corrected chi connectivity index (χ1v) is 7.31. The van der Waals surface area contributed by atoms with E-state index in [0.29, 0.717) is 17.3 Å². The van der Waals surface area contributed by atoms with Gasteiger partial charge in [0.05, 0.1) is 6.61 Å². The van der Waals surface area contributed by atoms with Crippen molar-refractivity contribution in [3.63, 3.8) is 0 Å². The van der Waals surface area contributed by atoms with Crippen molar-refractivity contribution in [2.75, 3.05) is 26.3 Å². The standard InChI is InChI=1S/C15H31NO2/c1-12(2)13-6-8-16(14(13)17)9-11-18-10-7-15(3,4)5/h12-14,17H,6-11H2,1-5H3. The minimum Gasteiger partial charge on any atom is -0.380 e. The molecular formula is C15H31NO2. The van der Waals surface area contributed by atoms with Crippen molar-refractivity contribution in [1.29, 1.82) is 0 Å². The molecule has 0 bridgehead atoms. The van der Waals surface area contributed by atoms with Crippen LogP contribution in [0.4, 0.5) is 0 Å². The summed E-state index contributed by atoms with van der Waals surface area (Å²) < 4.78 is 5.66. The fourth-order valence-electron chi connectivity index (χ4n) is 2.45. The number of nitrogens with zero attached hydrogens (tertiary/aromatic N) is 1. The molecule has 1 heterocycles. The number of hydrogen-bond acceptors (Lipinski definition) is 3. The number of aliphatic hydroxyl groups is 1. The summed E-state index contributed by atoms with van der Waals surface area (Å²) in [5.74, 6) is 0.992. The zero-order chi connectivity index (χ0) is 13.8. The van der Waals surface area contributed by atoms with Gasteiger partial charge in [0.2, 0.25) is 0 Å².